The van der Waals surface area contributed by atoms with E-state index < -0.39 is 5.60 Å². The number of rotatable bonds is 3. The van der Waals surface area contributed by atoms with E-state index >= 15 is 0 Å². The van der Waals surface area contributed by atoms with E-state index in [4.69, 9.17) is 5.41 Å². The van der Waals surface area contributed by atoms with E-state index in [0.29, 0.717) is 6.42 Å². The van der Waals surface area contributed by atoms with Crippen molar-refractivity contribution in [3.05, 3.63) is 12.7 Å². The van der Waals surface area contributed by atoms with Gasteiger partial charge in [-0.2, -0.15) is 0 Å². The van der Waals surface area contributed by atoms with Crippen molar-refractivity contribution in [1.82, 2.24) is 0 Å². The first kappa shape index (κ1) is 8.37. The van der Waals surface area contributed by atoms with E-state index in [-0.39, 0.29) is 5.71 Å². The van der Waals surface area contributed by atoms with Crippen LogP contribution in [-0.4, -0.2) is 16.4 Å². The number of hydrogen-bond acceptors (Lipinski definition) is 2. The quantitative estimate of drug-likeness (QED) is 0.552. The fourth-order valence-electron chi connectivity index (χ4n) is 0.410. The molecule has 1 atom stereocenters. The molecule has 2 heteroatoms. The summed E-state index contributed by atoms with van der Waals surface area (Å²) in [6.45, 7) is 6.83. The first-order valence-electron chi connectivity index (χ1n) is 2.98. The molecule has 0 heterocycles. The molecule has 0 aromatic carbocycles. The number of aliphatic hydroxyl groups is 1. The Morgan fingerprint density at radius 1 is 1.89 bits per heavy atom. The monoisotopic (exact) mass is 127 g/mol. The molecule has 0 aliphatic heterocycles. The summed E-state index contributed by atoms with van der Waals surface area (Å²) in [5.41, 5.74) is -0.799. The molecule has 0 spiro atoms. The third kappa shape index (κ3) is 1.98. The van der Waals surface area contributed by atoms with Crippen molar-refractivity contribution in [3.63, 3.8) is 0 Å². The lowest BCUT2D eigenvalue weighted by atomic mass is 9.97. The Morgan fingerprint density at radius 2 is 2.33 bits per heavy atom. The summed E-state index contributed by atoms with van der Waals surface area (Å²) in [6, 6.07) is 0. The summed E-state index contributed by atoms with van der Waals surface area (Å²) < 4.78 is 0. The molecule has 52 valence electrons. The van der Waals surface area contributed by atoms with Gasteiger partial charge in [0, 0.05) is 0 Å². The molecule has 0 saturated carbocycles. The van der Waals surface area contributed by atoms with Crippen molar-refractivity contribution in [1.29, 1.82) is 5.41 Å². The molecular weight excluding hydrogens is 114 g/mol. The molecule has 0 fully saturated rings. The van der Waals surface area contributed by atoms with Gasteiger partial charge in [-0.1, -0.05) is 13.5 Å². The molecule has 0 aliphatic rings. The highest BCUT2D eigenvalue weighted by atomic mass is 16.3. The van der Waals surface area contributed by atoms with Crippen molar-refractivity contribution in [3.8, 4) is 0 Å². The van der Waals surface area contributed by atoms with Crippen molar-refractivity contribution in [2.75, 3.05) is 0 Å². The molecule has 0 amide bonds. The smallest absolute Gasteiger partial charge is 0.103 e. The van der Waals surface area contributed by atoms with E-state index in [1.54, 1.807) is 6.92 Å². The van der Waals surface area contributed by atoms with Crippen LogP contribution in [0.15, 0.2) is 12.7 Å². The van der Waals surface area contributed by atoms with Gasteiger partial charge in [0.2, 0.25) is 0 Å². The minimum Gasteiger partial charge on any atom is -0.384 e. The van der Waals surface area contributed by atoms with Crippen molar-refractivity contribution in [2.45, 2.75) is 25.9 Å². The highest BCUT2D eigenvalue weighted by Crippen LogP contribution is 2.09. The third-order valence-corrected chi connectivity index (χ3v) is 1.47. The molecule has 2 nitrogen and oxygen atoms in total. The van der Waals surface area contributed by atoms with Gasteiger partial charge in [-0.3, -0.25) is 0 Å². The lowest BCUT2D eigenvalue weighted by Crippen LogP contribution is -2.31. The Morgan fingerprint density at radius 3 is 2.44 bits per heavy atom. The van der Waals surface area contributed by atoms with Crippen LogP contribution in [0.4, 0.5) is 0 Å². The molecule has 0 aliphatic carbocycles. The van der Waals surface area contributed by atoms with Crippen molar-refractivity contribution < 1.29 is 5.11 Å². The minimum atomic E-state index is -0.984. The number of nitrogens with one attached hydrogen (secondary N) is 1. The lowest BCUT2D eigenvalue weighted by molar-refractivity contribution is 0.128. The second-order valence-corrected chi connectivity index (χ2v) is 2.25. The summed E-state index contributed by atoms with van der Waals surface area (Å²) in [5, 5.41) is 16.5. The fourth-order valence-corrected chi connectivity index (χ4v) is 0.410. The second kappa shape index (κ2) is 2.78. The predicted molar refractivity (Wildman–Crippen MR) is 38.8 cm³/mol. The maximum Gasteiger partial charge on any atom is 0.103 e. The first-order chi connectivity index (χ1) is 4.04. The van der Waals surface area contributed by atoms with E-state index in [1.165, 1.54) is 6.08 Å². The molecule has 0 radical (unpaired) electrons. The van der Waals surface area contributed by atoms with Crippen LogP contribution in [0.3, 0.4) is 0 Å². The molecule has 0 saturated heterocycles. The summed E-state index contributed by atoms with van der Waals surface area (Å²) in [7, 11) is 0. The summed E-state index contributed by atoms with van der Waals surface area (Å²) in [5.74, 6) is 0. The maximum absolute atomic E-state index is 9.30. The molecule has 0 bridgehead atoms. The van der Waals surface area contributed by atoms with E-state index in [0.717, 1.165) is 0 Å². The van der Waals surface area contributed by atoms with Gasteiger partial charge in [0.1, 0.15) is 5.60 Å². The zero-order chi connectivity index (χ0) is 7.49. The Bertz CT molecular complexity index is 127. The highest BCUT2D eigenvalue weighted by Gasteiger charge is 2.20. The van der Waals surface area contributed by atoms with Crippen LogP contribution in [0.25, 0.3) is 0 Å². The van der Waals surface area contributed by atoms with E-state index in [2.05, 4.69) is 6.58 Å². The zero-order valence-electron chi connectivity index (χ0n) is 5.94. The summed E-state index contributed by atoms with van der Waals surface area (Å²) in [6.07, 6.45) is 1.92. The van der Waals surface area contributed by atoms with Crippen molar-refractivity contribution >= 4 is 5.71 Å². The van der Waals surface area contributed by atoms with Crippen LogP contribution < -0.4 is 0 Å². The average Bonchev–Trinajstić information content (AvgIpc) is 1.86. The lowest BCUT2D eigenvalue weighted by Gasteiger charge is -2.19. The third-order valence-electron chi connectivity index (χ3n) is 1.47. The Balaban J connectivity index is 4.13. The molecule has 0 aromatic heterocycles. The molecule has 2 N–H and O–H groups in total. The molecule has 0 rings (SSSR count). The summed E-state index contributed by atoms with van der Waals surface area (Å²) >= 11 is 0. The van der Waals surface area contributed by atoms with Gasteiger partial charge in [0.15, 0.2) is 0 Å². The highest BCUT2D eigenvalue weighted by molar-refractivity contribution is 5.98. The van der Waals surface area contributed by atoms with Crippen LogP contribution in [0.5, 0.6) is 0 Å². The van der Waals surface area contributed by atoms with Crippen LogP contribution in [0, 0.1) is 5.41 Å². The van der Waals surface area contributed by atoms with Crippen LogP contribution >= 0.6 is 0 Å². The standard InChI is InChI=1S/C7H13NO/c1-4-6(8)7(3,9)5-2/h4,8-9H,1,5H2,2-3H3. The SMILES string of the molecule is C=CC(=N)C(C)(O)CC. The van der Waals surface area contributed by atoms with Gasteiger partial charge in [-0.15, -0.1) is 0 Å². The topological polar surface area (TPSA) is 44.1 Å². The van der Waals surface area contributed by atoms with Gasteiger partial charge in [-0.05, 0) is 19.4 Å². The summed E-state index contributed by atoms with van der Waals surface area (Å²) in [4.78, 5) is 0. The van der Waals surface area contributed by atoms with E-state index in [1.807, 2.05) is 6.92 Å². The molecular formula is C7H13NO. The van der Waals surface area contributed by atoms with Crippen molar-refractivity contribution in [2.24, 2.45) is 0 Å². The Labute approximate surface area is 55.7 Å². The molecule has 9 heavy (non-hydrogen) atoms. The van der Waals surface area contributed by atoms with Crippen LogP contribution in [0.2, 0.25) is 0 Å². The van der Waals surface area contributed by atoms with Crippen LogP contribution in [0.1, 0.15) is 20.3 Å². The maximum atomic E-state index is 9.30. The molecule has 0 aromatic rings. The second-order valence-electron chi connectivity index (χ2n) is 2.25. The normalized spacial score (nSPS) is 16.3. The first-order valence-corrected chi connectivity index (χ1v) is 2.98. The van der Waals surface area contributed by atoms with Gasteiger partial charge >= 0.3 is 0 Å². The van der Waals surface area contributed by atoms with Gasteiger partial charge < -0.3 is 10.5 Å². The van der Waals surface area contributed by atoms with Gasteiger partial charge in [0.05, 0.1) is 5.71 Å². The van der Waals surface area contributed by atoms with E-state index in [9.17, 15) is 5.11 Å². The average molecular weight is 127 g/mol. The van der Waals surface area contributed by atoms with Crippen LogP contribution in [-0.2, 0) is 0 Å². The Kier molecular flexibility index (Phi) is 2.59. The fraction of sp³-hybridized carbons (Fsp3) is 0.571. The minimum absolute atomic E-state index is 0.185. The Hall–Kier alpha value is -0.630. The number of hydrogen-bond donors (Lipinski definition) is 2. The zero-order valence-corrected chi connectivity index (χ0v) is 5.94. The largest absolute Gasteiger partial charge is 0.384 e. The van der Waals surface area contributed by atoms with Gasteiger partial charge in [-0.25, -0.2) is 0 Å². The van der Waals surface area contributed by atoms with Gasteiger partial charge in [0.25, 0.3) is 0 Å². The molecule has 1 unspecified atom stereocenters. The predicted octanol–water partition coefficient (Wildman–Crippen LogP) is 1.35.